The molecule has 12 amide bonds. The van der Waals surface area contributed by atoms with Crippen LogP contribution in [-0.4, -0.2) is 250 Å². The van der Waals surface area contributed by atoms with Gasteiger partial charge in [-0.2, -0.15) is 0 Å². The number of H-pyrrole nitrogens is 1. The number of rotatable bonds is 34. The first kappa shape index (κ1) is 105. The first-order chi connectivity index (χ1) is 62.9. The number of ketones is 7. The van der Waals surface area contributed by atoms with E-state index in [0.29, 0.717) is 34.0 Å². The number of nitrogens with zero attached hydrogens (tertiary/aromatic N) is 4. The summed E-state index contributed by atoms with van der Waals surface area (Å²) in [5, 5.41) is 82.9. The fourth-order valence-corrected chi connectivity index (χ4v) is 18.9. The molecule has 0 spiro atoms. The van der Waals surface area contributed by atoms with Crippen LogP contribution in [0.2, 0.25) is 0 Å². The number of carbonyl (C=O) groups is 19. The number of nitrogens with two attached hydrogens (primary N) is 3. The van der Waals surface area contributed by atoms with Gasteiger partial charge in [-0.1, -0.05) is 83.8 Å². The van der Waals surface area contributed by atoms with Gasteiger partial charge in [0.1, 0.15) is 47.3 Å². The van der Waals surface area contributed by atoms with E-state index >= 15 is 38.4 Å². The average molecular weight is 1880 g/mol. The molecule has 40 nitrogen and oxygen atoms in total. The number of amides is 12. The van der Waals surface area contributed by atoms with Gasteiger partial charge < -0.3 is 95.2 Å². The molecule has 2 fully saturated rings. The van der Waals surface area contributed by atoms with Crippen LogP contribution < -0.4 is 59.7 Å². The molecule has 2 saturated heterocycles. The first-order valence-electron chi connectivity index (χ1n) is 44.6. The van der Waals surface area contributed by atoms with Crippen LogP contribution in [0.5, 0.6) is 11.5 Å². The molecule has 1 unspecified atom stereocenters. The van der Waals surface area contributed by atoms with Crippen molar-refractivity contribution in [3.8, 4) is 11.5 Å². The van der Waals surface area contributed by atoms with Crippen LogP contribution in [0.3, 0.4) is 0 Å². The second kappa shape index (κ2) is 52.6. The molecule has 4 aromatic rings. The van der Waals surface area contributed by atoms with Crippen LogP contribution >= 0.6 is 21.6 Å². The molecule has 15 atom stereocenters. The number of primary amides is 3. The van der Waals surface area contributed by atoms with Crippen LogP contribution in [0.15, 0.2) is 89.3 Å². The molecule has 716 valence electrons. The number of carbonyl (C=O) groups excluding carboxylic acids is 17. The number of benzene rings is 3. The van der Waals surface area contributed by atoms with Gasteiger partial charge in [0.25, 0.3) is 0 Å². The number of urea groups is 2. The third-order valence-electron chi connectivity index (χ3n) is 23.8. The number of fused-ring (bicyclic) bond motifs is 11. The van der Waals surface area contributed by atoms with Gasteiger partial charge in [0.2, 0.25) is 53.3 Å². The van der Waals surface area contributed by atoms with Crippen molar-refractivity contribution in [2.24, 2.45) is 63.0 Å². The van der Waals surface area contributed by atoms with E-state index in [1.807, 2.05) is 6.92 Å². The zero-order chi connectivity index (χ0) is 96.3. The number of hydrogen-bond acceptors (Lipinski definition) is 26. The molecule has 4 aliphatic heterocycles. The molecule has 0 aliphatic carbocycles. The Kier molecular flexibility index (Phi) is 41.9. The van der Waals surface area contributed by atoms with Gasteiger partial charge in [-0.3, -0.25) is 76.7 Å². The summed E-state index contributed by atoms with van der Waals surface area (Å²) in [4.78, 5) is 278. The molecule has 20 N–H and O–H groups in total. The van der Waals surface area contributed by atoms with Crippen LogP contribution in [0.4, 0.5) is 9.59 Å². The Morgan fingerprint density at radius 1 is 0.629 bits per heavy atom. The highest BCUT2D eigenvalue weighted by molar-refractivity contribution is 8.76. The number of unbranched alkanes of at least 4 members (excludes halogenated alkanes) is 2. The maximum atomic E-state index is 15.7. The molecule has 4 aliphatic rings. The number of aliphatic hydroxyl groups is 1. The summed E-state index contributed by atoms with van der Waals surface area (Å²) in [7, 11) is 1.78. The smallest absolute Gasteiger partial charge is 0.326 e. The van der Waals surface area contributed by atoms with Crippen molar-refractivity contribution in [2.45, 2.75) is 242 Å². The normalized spacial score (nSPS) is 23.5. The summed E-state index contributed by atoms with van der Waals surface area (Å²) >= 11 is 0. The number of phenolic OH excluding ortho intramolecular Hbond substituents is 2. The number of carboxylic acid groups (broad SMARTS) is 2. The molecule has 1 aromatic heterocycles. The number of Topliss-reactive ketones (excluding diaryl/α,β-unsaturated/α-hetero) is 7. The van der Waals surface area contributed by atoms with Crippen molar-refractivity contribution in [3.63, 3.8) is 0 Å². The summed E-state index contributed by atoms with van der Waals surface area (Å²) in [6.07, 6.45) is -6.06. The lowest BCUT2D eigenvalue weighted by Crippen LogP contribution is -2.52. The summed E-state index contributed by atoms with van der Waals surface area (Å²) in [5.74, 6) is -26.4. The number of nitrogens with one attached hydrogen (secondary N) is 9. The lowest BCUT2D eigenvalue weighted by molar-refractivity contribution is -0.532. The van der Waals surface area contributed by atoms with Crippen LogP contribution in [0.1, 0.15) is 185 Å². The highest BCUT2D eigenvalue weighted by Crippen LogP contribution is 2.33. The minimum absolute atomic E-state index is 0.00909. The van der Waals surface area contributed by atoms with E-state index in [9.17, 15) is 78.3 Å². The minimum atomic E-state index is -1.93. The molecule has 3 aromatic carbocycles. The lowest BCUT2D eigenvalue weighted by atomic mass is 9.88. The topological polar surface area (TPSA) is 647 Å². The monoisotopic (exact) mass is 1870 g/mol. The van der Waals surface area contributed by atoms with Crippen molar-refractivity contribution in [1.82, 2.24) is 52.4 Å². The lowest BCUT2D eigenvalue weighted by Gasteiger charge is -2.30. The maximum Gasteiger partial charge on any atom is 0.326 e. The second-order valence-corrected chi connectivity index (χ2v) is 36.7. The standard InChI is InChI=1S/C90H120N16O24S2/c1-3-4-5-14-61(108)28-30-79(118)97-69-48-131-132-49-70-74(113)39-53(12-8-31-94-89(92)129)82(121)99-67(38-59-46-96-65-16-7-6-15-64(59)65)73(112)40-55(23-29-78(91)117)84(123)98-66(72(111)42-56(35-51-19-24-62(109)25-20-51)85(124)100-68(88(127)128)36-52-21-26-63(110)27-22-52)17-10-33-105-47-60(103-104-105)37-57(43-75(69)114)86(125)102-81(50(2)107)77(116)44-58(45-80(119)120)87(126)106-34-11-18-71(106)76(115)41-54(83(122)101-70)13-9-32-95-90(93)130/h6-7,15-16,19-22,24-27,46-47,50,53-58,60,66-71,81,96,107H,3-5,8-14,17-18,23,28-45,48-49H2,1-2H3,(H17-,91,92,93,94,95,97,98,99,100,101,102,109,110,117,118,119,120,121,122,123,124,125,127,128,129,130)/p+1/t50-,53-,54-,55-,56-,57-,58+,60?,66+,67+,68-,69+,70+,71+,81+/m1/s1. The molecule has 42 heteroatoms. The van der Waals surface area contributed by atoms with E-state index in [4.69, 9.17) is 17.2 Å². The number of aromatic hydroxyl groups is 2. The first-order valence-corrected chi connectivity index (χ1v) is 47.1. The van der Waals surface area contributed by atoms with Crippen molar-refractivity contribution in [3.05, 3.63) is 95.7 Å². The van der Waals surface area contributed by atoms with Gasteiger partial charge in [0.05, 0.1) is 48.7 Å². The van der Waals surface area contributed by atoms with Gasteiger partial charge in [-0.25, -0.2) is 14.4 Å². The number of aromatic amines is 1. The largest absolute Gasteiger partial charge is 0.508 e. The van der Waals surface area contributed by atoms with Crippen molar-refractivity contribution < 1.29 is 121 Å². The summed E-state index contributed by atoms with van der Waals surface area (Å²) < 4.78 is 1.30. The zero-order valence-corrected chi connectivity index (χ0v) is 75.5. The van der Waals surface area contributed by atoms with E-state index in [0.717, 1.165) is 46.3 Å². The molecule has 132 heavy (non-hydrogen) atoms. The molecular weight excluding hydrogens is 1750 g/mol. The highest BCUT2D eigenvalue weighted by Gasteiger charge is 2.44. The molecule has 0 radical (unpaired) electrons. The summed E-state index contributed by atoms with van der Waals surface area (Å²) in [6.45, 7) is 2.45. The van der Waals surface area contributed by atoms with E-state index < -0.39 is 272 Å². The van der Waals surface area contributed by atoms with E-state index in [1.54, 1.807) is 30.5 Å². The fourth-order valence-electron chi connectivity index (χ4n) is 16.5. The highest BCUT2D eigenvalue weighted by atomic mass is 33.1. The number of aliphatic carboxylic acids is 2. The molecule has 8 rings (SSSR count). The van der Waals surface area contributed by atoms with Gasteiger partial charge in [-0.15, -0.1) is 4.68 Å². The zero-order valence-electron chi connectivity index (χ0n) is 73.9. The predicted octanol–water partition coefficient (Wildman–Crippen LogP) is 3.40. The van der Waals surface area contributed by atoms with E-state index in [-0.39, 0.29) is 133 Å². The van der Waals surface area contributed by atoms with Crippen molar-refractivity contribution >= 4 is 150 Å². The Bertz CT molecular complexity index is 4870. The Morgan fingerprint density at radius 3 is 1.88 bits per heavy atom. The average Bonchev–Trinajstić information content (AvgIpc) is 1.65. The van der Waals surface area contributed by atoms with Gasteiger partial charge in [0, 0.05) is 166 Å². The quantitative estimate of drug-likeness (QED) is 0.0181. The number of carboxylic acids is 2. The minimum Gasteiger partial charge on any atom is -0.508 e. The molecule has 5 heterocycles. The fraction of sp³-hybridized carbons (Fsp3) is 0.556. The Morgan fingerprint density at radius 2 is 1.24 bits per heavy atom. The van der Waals surface area contributed by atoms with Gasteiger partial charge >= 0.3 is 24.0 Å². The molecule has 0 saturated carbocycles. The SMILES string of the molecule is CCCCCC(=O)CCC(=O)N[C@H]1CSSC[C@@H]2NC(=O)[C@H](CCCNC(N)=O)CC(=O)[C@@H]3CCCN3C(=O)[C@H](CC(=O)O)CC(=O)[C@H]([C@@H](C)O)NC(=O)[C@@H](CC1=O)CC1C=[N+](CCC[C@@H](C(=O)C[C@@H](Cc3ccc(O)cc3)C(=O)N[C@H](Cc3ccc(O)cc3)C(=O)O)NC(=O)[C@H](CCC(N)=O)CC(=O)[C@H](Cc3c[nH]c4ccccc34)NC(=O)[C@H](CCCNC(N)=O)CC2=O)N=N1. The Labute approximate surface area is 769 Å². The maximum absolute atomic E-state index is 15.7. The van der Waals surface area contributed by atoms with Crippen LogP contribution in [-0.2, 0) is 101 Å². The van der Waals surface area contributed by atoms with Crippen molar-refractivity contribution in [1.29, 1.82) is 0 Å². The van der Waals surface area contributed by atoms with Crippen LogP contribution in [0.25, 0.3) is 10.9 Å². The summed E-state index contributed by atoms with van der Waals surface area (Å²) in [5.41, 5.74) is 18.5. The number of hydrogen-bond donors (Lipinski definition) is 17. The number of aliphatic hydroxyl groups excluding tert-OH is 1. The van der Waals surface area contributed by atoms with E-state index in [1.165, 1.54) is 59.4 Å². The van der Waals surface area contributed by atoms with Gasteiger partial charge in [0.15, 0.2) is 34.7 Å². The van der Waals surface area contributed by atoms with Crippen LogP contribution in [0, 0.1) is 35.5 Å². The third kappa shape index (κ3) is 34.1. The Hall–Kier alpha value is -12.3. The number of aromatic nitrogens is 1. The molecule has 4 bridgehead atoms. The third-order valence-corrected chi connectivity index (χ3v) is 26.2. The number of para-hydroxylation sites is 1. The Balaban J connectivity index is 1.30. The number of phenols is 2. The van der Waals surface area contributed by atoms with Crippen molar-refractivity contribution in [2.75, 3.05) is 37.7 Å². The second-order valence-electron chi connectivity index (χ2n) is 34.1. The van der Waals surface area contributed by atoms with Gasteiger partial charge in [-0.05, 0) is 125 Å². The molecular formula is C90H121N16O24S2+. The van der Waals surface area contributed by atoms with E-state index in [2.05, 4.69) is 57.9 Å². The predicted molar refractivity (Wildman–Crippen MR) is 481 cm³/mol. The summed E-state index contributed by atoms with van der Waals surface area (Å²) in [6, 6.07) is 3.59.